The molecule has 0 saturated carbocycles. The van der Waals surface area contributed by atoms with Crippen molar-refractivity contribution in [2.45, 2.75) is 6.92 Å². The molecule has 0 spiro atoms. The molecule has 66 valence electrons. The Morgan fingerprint density at radius 1 is 1.42 bits per heavy atom. The molecule has 0 aliphatic carbocycles. The van der Waals surface area contributed by atoms with Crippen LogP contribution in [-0.2, 0) is 4.57 Å². The maximum Gasteiger partial charge on any atom is 0.218 e. The van der Waals surface area contributed by atoms with Crippen molar-refractivity contribution in [3.05, 3.63) is 24.3 Å². The van der Waals surface area contributed by atoms with Crippen LogP contribution in [0.1, 0.15) is 6.92 Å². The molecule has 0 fully saturated rings. The Morgan fingerprint density at radius 2 is 2.00 bits per heavy atom. The first-order valence-corrected chi connectivity index (χ1v) is 5.05. The van der Waals surface area contributed by atoms with E-state index in [1.165, 1.54) is 0 Å². The molecular formula is C8H11O3P. The molecule has 1 aromatic rings. The minimum absolute atomic E-state index is 0.462. The maximum absolute atomic E-state index is 10.6. The van der Waals surface area contributed by atoms with Gasteiger partial charge in [0.15, 0.2) is 0 Å². The average Bonchev–Trinajstić information content (AvgIpc) is 2.06. The predicted molar refractivity (Wildman–Crippen MR) is 48.5 cm³/mol. The highest BCUT2D eigenvalue weighted by atomic mass is 31.1. The molecule has 1 unspecified atom stereocenters. The van der Waals surface area contributed by atoms with Crippen LogP contribution in [0.4, 0.5) is 0 Å². The molecule has 0 aromatic heterocycles. The predicted octanol–water partition coefficient (Wildman–Crippen LogP) is 1.18. The van der Waals surface area contributed by atoms with Gasteiger partial charge in [0, 0.05) is 5.30 Å². The second kappa shape index (κ2) is 4.29. The molecule has 1 N–H and O–H groups in total. The monoisotopic (exact) mass is 186 g/mol. The van der Waals surface area contributed by atoms with Crippen LogP contribution in [0.3, 0.4) is 0 Å². The molecule has 0 aliphatic heterocycles. The zero-order chi connectivity index (χ0) is 8.97. The van der Waals surface area contributed by atoms with E-state index in [4.69, 9.17) is 9.63 Å². The quantitative estimate of drug-likeness (QED) is 0.721. The van der Waals surface area contributed by atoms with Crippen molar-refractivity contribution in [3.8, 4) is 5.75 Å². The number of benzene rings is 1. The number of rotatable bonds is 3. The fourth-order valence-corrected chi connectivity index (χ4v) is 1.31. The molecule has 4 heteroatoms. The molecule has 0 amide bonds. The van der Waals surface area contributed by atoms with Gasteiger partial charge in [0.2, 0.25) is 8.03 Å². The molecule has 0 heterocycles. The minimum Gasteiger partial charge on any atom is -0.494 e. The summed E-state index contributed by atoms with van der Waals surface area (Å²) in [6.07, 6.45) is 0. The van der Waals surface area contributed by atoms with E-state index in [-0.39, 0.29) is 0 Å². The van der Waals surface area contributed by atoms with E-state index >= 15 is 0 Å². The fraction of sp³-hybridized carbons (Fsp3) is 0.250. The van der Waals surface area contributed by atoms with Gasteiger partial charge in [0.05, 0.1) is 6.61 Å². The first-order valence-electron chi connectivity index (χ1n) is 3.70. The zero-order valence-corrected chi connectivity index (χ0v) is 7.78. The van der Waals surface area contributed by atoms with Gasteiger partial charge in [-0.1, -0.05) is 0 Å². The van der Waals surface area contributed by atoms with Crippen molar-refractivity contribution < 1.29 is 14.2 Å². The first kappa shape index (κ1) is 9.30. The largest absolute Gasteiger partial charge is 0.494 e. The van der Waals surface area contributed by atoms with Crippen LogP contribution in [0.2, 0.25) is 0 Å². The van der Waals surface area contributed by atoms with Crippen molar-refractivity contribution in [3.63, 3.8) is 0 Å². The van der Waals surface area contributed by atoms with Gasteiger partial charge >= 0.3 is 0 Å². The van der Waals surface area contributed by atoms with Gasteiger partial charge in [-0.3, -0.25) is 4.57 Å². The van der Waals surface area contributed by atoms with Crippen molar-refractivity contribution in [1.82, 2.24) is 0 Å². The lowest BCUT2D eigenvalue weighted by Gasteiger charge is -2.02. The van der Waals surface area contributed by atoms with Gasteiger partial charge in [0.1, 0.15) is 5.75 Å². The summed E-state index contributed by atoms with van der Waals surface area (Å²) >= 11 is 0. The molecule has 12 heavy (non-hydrogen) atoms. The Bertz CT molecular complexity index is 268. The van der Waals surface area contributed by atoms with Gasteiger partial charge in [0.25, 0.3) is 0 Å². The Kier molecular flexibility index (Phi) is 3.32. The molecule has 0 radical (unpaired) electrons. The van der Waals surface area contributed by atoms with Crippen LogP contribution in [0.15, 0.2) is 24.3 Å². The van der Waals surface area contributed by atoms with Crippen LogP contribution >= 0.6 is 8.03 Å². The second-order valence-electron chi connectivity index (χ2n) is 2.26. The standard InChI is InChI=1S/C8H11O3P/c1-2-11-7-3-5-8(6-4-7)12(9)10/h3-6,12H,2H2,1H3,(H,9,10). The van der Waals surface area contributed by atoms with Crippen LogP contribution in [0.5, 0.6) is 5.75 Å². The number of hydrogen-bond acceptors (Lipinski definition) is 2. The van der Waals surface area contributed by atoms with Gasteiger partial charge in [-0.2, -0.15) is 0 Å². The highest BCUT2D eigenvalue weighted by molar-refractivity contribution is 7.47. The third-order valence-corrected chi connectivity index (χ3v) is 2.24. The topological polar surface area (TPSA) is 46.5 Å². The van der Waals surface area contributed by atoms with Crippen molar-refractivity contribution in [2.75, 3.05) is 6.61 Å². The summed E-state index contributed by atoms with van der Waals surface area (Å²) in [6, 6.07) is 6.59. The van der Waals surface area contributed by atoms with E-state index in [1.54, 1.807) is 24.3 Å². The van der Waals surface area contributed by atoms with Gasteiger partial charge in [-0.15, -0.1) is 0 Å². The Labute approximate surface area is 71.9 Å². The fourth-order valence-electron chi connectivity index (χ4n) is 0.860. The highest BCUT2D eigenvalue weighted by Gasteiger charge is 1.97. The highest BCUT2D eigenvalue weighted by Crippen LogP contribution is 2.15. The third-order valence-electron chi connectivity index (χ3n) is 1.41. The van der Waals surface area contributed by atoms with Crippen LogP contribution < -0.4 is 10.0 Å². The first-order chi connectivity index (χ1) is 5.74. The molecule has 1 aromatic carbocycles. The number of hydrogen-bond donors (Lipinski definition) is 1. The lowest BCUT2D eigenvalue weighted by molar-refractivity contribution is 0.340. The Balaban J connectivity index is 2.78. The minimum atomic E-state index is -2.55. The summed E-state index contributed by atoms with van der Waals surface area (Å²) in [7, 11) is -2.55. The summed E-state index contributed by atoms with van der Waals surface area (Å²) in [4.78, 5) is 8.75. The van der Waals surface area contributed by atoms with Gasteiger partial charge in [-0.25, -0.2) is 0 Å². The summed E-state index contributed by atoms with van der Waals surface area (Å²) in [5.41, 5.74) is 0. The van der Waals surface area contributed by atoms with Crippen LogP contribution in [-0.4, -0.2) is 11.5 Å². The Hall–Kier alpha value is -0.790. The van der Waals surface area contributed by atoms with E-state index in [2.05, 4.69) is 0 Å². The normalized spacial score (nSPS) is 12.5. The SMILES string of the molecule is CCOc1ccc([PH](=O)O)cc1. The molecule has 1 atom stereocenters. The van der Waals surface area contributed by atoms with Crippen molar-refractivity contribution in [2.24, 2.45) is 0 Å². The second-order valence-corrected chi connectivity index (χ2v) is 3.45. The third kappa shape index (κ3) is 2.36. The average molecular weight is 186 g/mol. The summed E-state index contributed by atoms with van der Waals surface area (Å²) in [5, 5.41) is 0.462. The lowest BCUT2D eigenvalue weighted by Crippen LogP contribution is -1.96. The molecular weight excluding hydrogens is 175 g/mol. The lowest BCUT2D eigenvalue weighted by atomic mass is 10.3. The van der Waals surface area contributed by atoms with E-state index < -0.39 is 8.03 Å². The molecule has 1 rings (SSSR count). The Morgan fingerprint density at radius 3 is 2.42 bits per heavy atom. The zero-order valence-electron chi connectivity index (χ0n) is 6.78. The van der Waals surface area contributed by atoms with Crippen LogP contribution in [0.25, 0.3) is 0 Å². The van der Waals surface area contributed by atoms with E-state index in [0.29, 0.717) is 11.9 Å². The van der Waals surface area contributed by atoms with E-state index in [1.807, 2.05) is 6.92 Å². The number of ether oxygens (including phenoxy) is 1. The molecule has 0 aliphatic rings. The maximum atomic E-state index is 10.6. The molecule has 3 nitrogen and oxygen atoms in total. The summed E-state index contributed by atoms with van der Waals surface area (Å²) in [6.45, 7) is 2.50. The molecule has 0 bridgehead atoms. The van der Waals surface area contributed by atoms with Gasteiger partial charge in [-0.05, 0) is 31.2 Å². The molecule has 0 saturated heterocycles. The van der Waals surface area contributed by atoms with Crippen molar-refractivity contribution in [1.29, 1.82) is 0 Å². The summed E-state index contributed by atoms with van der Waals surface area (Å²) < 4.78 is 15.8. The summed E-state index contributed by atoms with van der Waals surface area (Å²) in [5.74, 6) is 0.726. The van der Waals surface area contributed by atoms with Crippen molar-refractivity contribution >= 4 is 13.3 Å². The van der Waals surface area contributed by atoms with E-state index in [0.717, 1.165) is 5.75 Å². The van der Waals surface area contributed by atoms with Gasteiger partial charge < -0.3 is 9.63 Å². The van der Waals surface area contributed by atoms with Crippen LogP contribution in [0, 0.1) is 0 Å². The smallest absolute Gasteiger partial charge is 0.218 e. The van der Waals surface area contributed by atoms with E-state index in [9.17, 15) is 4.57 Å².